The van der Waals surface area contributed by atoms with Crippen LogP contribution >= 0.6 is 11.6 Å². The Morgan fingerprint density at radius 3 is 2.75 bits per heavy atom. The van der Waals surface area contributed by atoms with E-state index >= 15 is 0 Å². The molecular weight excluding hydrogens is 234 g/mol. The number of nitrogens with two attached hydrogens (primary N) is 1. The number of hydrogen-bond acceptors (Lipinski definition) is 4. The Kier molecular flexibility index (Phi) is 3.81. The maximum atomic E-state index is 11.3. The average molecular weight is 244 g/mol. The lowest BCUT2D eigenvalue weighted by atomic mass is 10.2. The second-order valence-electron chi connectivity index (χ2n) is 3.20. The first-order valence-electron chi connectivity index (χ1n) is 4.42. The fraction of sp³-hybridized carbons (Fsp3) is 0.222. The number of carbonyl (C=O) groups is 1. The third kappa shape index (κ3) is 2.91. The van der Waals surface area contributed by atoms with Crippen molar-refractivity contribution >= 4 is 28.9 Å². The van der Waals surface area contributed by atoms with Crippen LogP contribution in [0.2, 0.25) is 5.02 Å². The number of amides is 1. The van der Waals surface area contributed by atoms with Gasteiger partial charge in [0.1, 0.15) is 0 Å². The van der Waals surface area contributed by atoms with E-state index in [1.54, 1.807) is 0 Å². The Labute approximate surface area is 96.5 Å². The Bertz CT molecular complexity index is 434. The van der Waals surface area contributed by atoms with Crippen molar-refractivity contribution in [3.05, 3.63) is 33.3 Å². The van der Waals surface area contributed by atoms with Gasteiger partial charge in [0.15, 0.2) is 0 Å². The number of benzene rings is 1. The predicted octanol–water partition coefficient (Wildman–Crippen LogP) is 1.53. The van der Waals surface area contributed by atoms with Crippen molar-refractivity contribution in [1.82, 2.24) is 0 Å². The van der Waals surface area contributed by atoms with Crippen LogP contribution < -0.4 is 11.1 Å². The summed E-state index contributed by atoms with van der Waals surface area (Å²) in [4.78, 5) is 21.2. The predicted molar refractivity (Wildman–Crippen MR) is 60.4 cm³/mol. The van der Waals surface area contributed by atoms with Crippen LogP contribution in [0.1, 0.15) is 6.92 Å². The smallest absolute Gasteiger partial charge is 0.271 e. The van der Waals surface area contributed by atoms with Gasteiger partial charge in [0, 0.05) is 12.1 Å². The van der Waals surface area contributed by atoms with Gasteiger partial charge in [-0.1, -0.05) is 11.6 Å². The summed E-state index contributed by atoms with van der Waals surface area (Å²) in [5, 5.41) is 13.1. The van der Waals surface area contributed by atoms with Crippen molar-refractivity contribution in [2.45, 2.75) is 13.0 Å². The lowest BCUT2D eigenvalue weighted by Crippen LogP contribution is -2.32. The van der Waals surface area contributed by atoms with Crippen LogP contribution in [0, 0.1) is 10.1 Å². The number of anilines is 1. The summed E-state index contributed by atoms with van der Waals surface area (Å²) in [6.07, 6.45) is 0. The summed E-state index contributed by atoms with van der Waals surface area (Å²) in [6, 6.07) is 3.07. The van der Waals surface area contributed by atoms with E-state index in [0.717, 1.165) is 0 Å². The molecule has 6 nitrogen and oxygen atoms in total. The molecule has 0 radical (unpaired) electrons. The highest BCUT2D eigenvalue weighted by Gasteiger charge is 2.13. The molecule has 0 spiro atoms. The SMILES string of the molecule is C[C@@H](N)C(=O)Nc1cc([N+](=O)[O-])ccc1Cl. The minimum absolute atomic E-state index is 0.149. The average Bonchev–Trinajstić information content (AvgIpc) is 2.20. The zero-order valence-electron chi connectivity index (χ0n) is 8.44. The molecule has 0 unspecified atom stereocenters. The number of nitro benzene ring substituents is 1. The highest BCUT2D eigenvalue weighted by molar-refractivity contribution is 6.33. The van der Waals surface area contributed by atoms with E-state index in [1.807, 2.05) is 0 Å². The molecule has 0 saturated carbocycles. The molecular formula is C9H10ClN3O3. The van der Waals surface area contributed by atoms with Gasteiger partial charge in [-0.25, -0.2) is 0 Å². The maximum Gasteiger partial charge on any atom is 0.271 e. The first-order chi connectivity index (χ1) is 7.41. The van der Waals surface area contributed by atoms with Crippen molar-refractivity contribution in [3.63, 3.8) is 0 Å². The van der Waals surface area contributed by atoms with E-state index < -0.39 is 16.9 Å². The van der Waals surface area contributed by atoms with Gasteiger partial charge >= 0.3 is 0 Å². The minimum Gasteiger partial charge on any atom is -0.323 e. The molecule has 0 aliphatic carbocycles. The fourth-order valence-electron chi connectivity index (χ4n) is 0.969. The van der Waals surface area contributed by atoms with Gasteiger partial charge < -0.3 is 11.1 Å². The Morgan fingerprint density at radius 2 is 2.25 bits per heavy atom. The molecule has 0 aromatic heterocycles. The largest absolute Gasteiger partial charge is 0.323 e. The topological polar surface area (TPSA) is 98.3 Å². The Hall–Kier alpha value is -1.66. The van der Waals surface area contributed by atoms with Gasteiger partial charge in [0.2, 0.25) is 5.91 Å². The molecule has 0 aliphatic heterocycles. The summed E-state index contributed by atoms with van der Waals surface area (Å²) in [5.74, 6) is -0.456. The normalized spacial score (nSPS) is 11.9. The first kappa shape index (κ1) is 12.4. The van der Waals surface area contributed by atoms with Crippen LogP contribution in [-0.2, 0) is 4.79 Å². The van der Waals surface area contributed by atoms with Crippen molar-refractivity contribution in [1.29, 1.82) is 0 Å². The fourth-order valence-corrected chi connectivity index (χ4v) is 1.13. The first-order valence-corrected chi connectivity index (χ1v) is 4.80. The molecule has 0 saturated heterocycles. The number of nitro groups is 1. The van der Waals surface area contributed by atoms with Gasteiger partial charge in [-0.2, -0.15) is 0 Å². The number of rotatable bonds is 3. The lowest BCUT2D eigenvalue weighted by Gasteiger charge is -2.08. The van der Waals surface area contributed by atoms with Crippen LogP contribution in [-0.4, -0.2) is 16.9 Å². The number of nitrogens with one attached hydrogen (secondary N) is 1. The zero-order valence-corrected chi connectivity index (χ0v) is 9.19. The Morgan fingerprint density at radius 1 is 1.62 bits per heavy atom. The molecule has 0 fully saturated rings. The summed E-state index contributed by atoms with van der Waals surface area (Å²) < 4.78 is 0. The zero-order chi connectivity index (χ0) is 12.3. The second kappa shape index (κ2) is 4.91. The molecule has 1 aromatic carbocycles. The molecule has 86 valence electrons. The van der Waals surface area contributed by atoms with Crippen molar-refractivity contribution in [3.8, 4) is 0 Å². The van der Waals surface area contributed by atoms with Crippen LogP contribution in [0.15, 0.2) is 18.2 Å². The molecule has 1 amide bonds. The lowest BCUT2D eigenvalue weighted by molar-refractivity contribution is -0.384. The summed E-state index contributed by atoms with van der Waals surface area (Å²) in [5.41, 5.74) is 5.37. The molecule has 0 aliphatic rings. The molecule has 1 atom stereocenters. The molecule has 1 aromatic rings. The van der Waals surface area contributed by atoms with Crippen molar-refractivity contribution in [2.75, 3.05) is 5.32 Å². The van der Waals surface area contributed by atoms with Gasteiger partial charge in [-0.3, -0.25) is 14.9 Å². The van der Waals surface area contributed by atoms with E-state index in [-0.39, 0.29) is 16.4 Å². The maximum absolute atomic E-state index is 11.3. The third-order valence-corrected chi connectivity index (χ3v) is 2.16. The minimum atomic E-state index is -0.713. The summed E-state index contributed by atoms with van der Waals surface area (Å²) in [7, 11) is 0. The van der Waals surface area contributed by atoms with Crippen LogP contribution in [0.4, 0.5) is 11.4 Å². The molecule has 16 heavy (non-hydrogen) atoms. The van der Waals surface area contributed by atoms with Crippen molar-refractivity contribution < 1.29 is 9.72 Å². The number of nitrogens with zero attached hydrogens (tertiary/aromatic N) is 1. The quantitative estimate of drug-likeness (QED) is 0.621. The summed E-state index contributed by atoms with van der Waals surface area (Å²) >= 11 is 5.77. The Balaban J connectivity index is 2.99. The number of halogens is 1. The number of non-ortho nitro benzene ring substituents is 1. The highest BCUT2D eigenvalue weighted by atomic mass is 35.5. The van der Waals surface area contributed by atoms with Crippen molar-refractivity contribution in [2.24, 2.45) is 5.73 Å². The van der Waals surface area contributed by atoms with Crippen LogP contribution in [0.3, 0.4) is 0 Å². The van der Waals surface area contributed by atoms with E-state index in [1.165, 1.54) is 25.1 Å². The van der Waals surface area contributed by atoms with E-state index in [9.17, 15) is 14.9 Å². The molecule has 1 rings (SSSR count). The van der Waals surface area contributed by atoms with Gasteiger partial charge in [-0.05, 0) is 13.0 Å². The number of hydrogen-bond donors (Lipinski definition) is 2. The molecule has 0 heterocycles. The van der Waals surface area contributed by atoms with E-state index in [4.69, 9.17) is 17.3 Å². The van der Waals surface area contributed by atoms with Gasteiger partial charge in [0.25, 0.3) is 5.69 Å². The van der Waals surface area contributed by atoms with E-state index in [2.05, 4.69) is 5.32 Å². The molecule has 0 bridgehead atoms. The van der Waals surface area contributed by atoms with Crippen LogP contribution in [0.5, 0.6) is 0 Å². The van der Waals surface area contributed by atoms with E-state index in [0.29, 0.717) is 0 Å². The van der Waals surface area contributed by atoms with Gasteiger partial charge in [-0.15, -0.1) is 0 Å². The van der Waals surface area contributed by atoms with Crippen LogP contribution in [0.25, 0.3) is 0 Å². The standard InChI is InChI=1S/C9H10ClN3O3/c1-5(11)9(14)12-8-4-6(13(15)16)2-3-7(8)10/h2-5H,11H2,1H3,(H,12,14)/t5-/m1/s1. The highest BCUT2D eigenvalue weighted by Crippen LogP contribution is 2.26. The number of carbonyl (C=O) groups excluding carboxylic acids is 1. The van der Waals surface area contributed by atoms with Gasteiger partial charge in [0.05, 0.1) is 21.7 Å². The monoisotopic (exact) mass is 243 g/mol. The second-order valence-corrected chi connectivity index (χ2v) is 3.61. The summed E-state index contributed by atoms with van der Waals surface area (Å²) in [6.45, 7) is 1.50. The molecule has 3 N–H and O–H groups in total. The molecule has 7 heteroatoms. The third-order valence-electron chi connectivity index (χ3n) is 1.83.